The summed E-state index contributed by atoms with van der Waals surface area (Å²) in [6.07, 6.45) is -1.21. The lowest BCUT2D eigenvalue weighted by Crippen LogP contribution is -2.34. The highest BCUT2D eigenvalue weighted by Gasteiger charge is 2.42. The Labute approximate surface area is 185 Å². The molecule has 0 saturated heterocycles. The summed E-state index contributed by atoms with van der Waals surface area (Å²) in [6, 6.07) is 2.90. The number of rotatable bonds is 8. The summed E-state index contributed by atoms with van der Waals surface area (Å²) in [5.74, 6) is -5.26. The molecule has 0 saturated carbocycles. The zero-order chi connectivity index (χ0) is 23.6. The van der Waals surface area contributed by atoms with E-state index < -0.39 is 24.8 Å². The summed E-state index contributed by atoms with van der Waals surface area (Å²) in [7, 11) is 0. The Balaban J connectivity index is 1.71. The Morgan fingerprint density at radius 2 is 2.06 bits per heavy atom. The molecule has 3 heterocycles. The molecule has 2 aromatic heterocycles. The van der Waals surface area contributed by atoms with Crippen molar-refractivity contribution in [1.82, 2.24) is 14.9 Å². The van der Waals surface area contributed by atoms with Crippen LogP contribution in [-0.2, 0) is 17.9 Å². The highest BCUT2D eigenvalue weighted by molar-refractivity contribution is 6.31. The second kappa shape index (κ2) is 9.27. The molecular formula is C20H19ClF4N4O3. The van der Waals surface area contributed by atoms with Gasteiger partial charge in [0.25, 0.3) is 5.91 Å². The fourth-order valence-electron chi connectivity index (χ4n) is 2.89. The van der Waals surface area contributed by atoms with Gasteiger partial charge in [-0.15, -0.1) is 0 Å². The number of nitrogens with one attached hydrogen (secondary N) is 1. The van der Waals surface area contributed by atoms with Crippen molar-refractivity contribution in [2.45, 2.75) is 39.3 Å². The lowest BCUT2D eigenvalue weighted by molar-refractivity contribution is -0.148. The zero-order valence-electron chi connectivity index (χ0n) is 17.0. The molecule has 2 aromatic rings. The molecule has 1 N–H and O–H groups in total. The highest BCUT2D eigenvalue weighted by atomic mass is 35.5. The van der Waals surface area contributed by atoms with E-state index in [1.165, 1.54) is 23.4 Å². The average molecular weight is 475 g/mol. The lowest BCUT2D eigenvalue weighted by Gasteiger charge is -2.18. The first kappa shape index (κ1) is 23.7. The normalized spacial score (nSPS) is 13.7. The van der Waals surface area contributed by atoms with Crippen LogP contribution < -0.4 is 10.1 Å². The summed E-state index contributed by atoms with van der Waals surface area (Å²) in [6.45, 7) is 2.13. The van der Waals surface area contributed by atoms with Crippen LogP contribution in [-0.4, -0.2) is 45.6 Å². The van der Waals surface area contributed by atoms with Crippen molar-refractivity contribution in [3.63, 3.8) is 0 Å². The molecule has 0 aliphatic carbocycles. The van der Waals surface area contributed by atoms with Gasteiger partial charge in [0, 0.05) is 36.0 Å². The van der Waals surface area contributed by atoms with E-state index in [0.717, 1.165) is 0 Å². The number of ether oxygens (including phenoxy) is 1. The summed E-state index contributed by atoms with van der Waals surface area (Å²) < 4.78 is 55.2. The van der Waals surface area contributed by atoms with Crippen LogP contribution in [0.2, 0.25) is 5.02 Å². The topological polar surface area (TPSA) is 84.4 Å². The first-order valence-corrected chi connectivity index (χ1v) is 9.88. The molecule has 0 bridgehead atoms. The molecule has 0 fully saturated rings. The van der Waals surface area contributed by atoms with Crippen molar-refractivity contribution in [2.24, 2.45) is 5.92 Å². The molecule has 0 atom stereocenters. The van der Waals surface area contributed by atoms with Crippen LogP contribution in [0.15, 0.2) is 24.5 Å². The number of pyridine rings is 2. The van der Waals surface area contributed by atoms with Crippen LogP contribution in [0.3, 0.4) is 0 Å². The number of carbonyl (C=O) groups is 2. The Hall–Kier alpha value is -2.95. The first-order chi connectivity index (χ1) is 15.0. The maximum absolute atomic E-state index is 13.0. The van der Waals surface area contributed by atoms with Crippen molar-refractivity contribution in [3.8, 4) is 5.88 Å². The van der Waals surface area contributed by atoms with E-state index in [9.17, 15) is 27.2 Å². The molecule has 0 unspecified atom stereocenters. The van der Waals surface area contributed by atoms with Gasteiger partial charge in [0.15, 0.2) is 6.61 Å². The van der Waals surface area contributed by atoms with Crippen LogP contribution >= 0.6 is 11.6 Å². The summed E-state index contributed by atoms with van der Waals surface area (Å²) >= 11 is 5.98. The minimum atomic E-state index is -4.34. The van der Waals surface area contributed by atoms with Crippen LogP contribution in [0.5, 0.6) is 5.88 Å². The number of hydrogen-bond acceptors (Lipinski definition) is 5. The molecule has 1 aliphatic heterocycles. The van der Waals surface area contributed by atoms with Crippen LogP contribution in [0.1, 0.15) is 35.3 Å². The minimum Gasteiger partial charge on any atom is -0.470 e. The van der Waals surface area contributed by atoms with E-state index in [2.05, 4.69) is 20.0 Å². The fraction of sp³-hybridized carbons (Fsp3) is 0.400. The lowest BCUT2D eigenvalue weighted by atomic mass is 10.1. The number of nitrogens with zero attached hydrogens (tertiary/aromatic N) is 3. The minimum absolute atomic E-state index is 0.0747. The Kier molecular flexibility index (Phi) is 6.87. The monoisotopic (exact) mass is 474 g/mol. The van der Waals surface area contributed by atoms with Gasteiger partial charge in [-0.3, -0.25) is 9.59 Å². The van der Waals surface area contributed by atoms with E-state index in [1.807, 2.05) is 0 Å². The number of aromatic nitrogens is 2. The third-order valence-electron chi connectivity index (χ3n) is 4.65. The Morgan fingerprint density at radius 1 is 1.34 bits per heavy atom. The standard InChI is InChI=1S/C20H19ClF4N4O3/c1-10(2)16(30)28-15-13-8-29(18(31)12(13)3-4-26-15)7-11-5-14(21)17(27-6-11)32-9-20(24,25)19(22)23/h3-6,10,19H,7-9H2,1-2H3,(H,26,28,30). The van der Waals surface area contributed by atoms with Gasteiger partial charge in [-0.25, -0.2) is 18.7 Å². The first-order valence-electron chi connectivity index (χ1n) is 9.50. The highest BCUT2D eigenvalue weighted by Crippen LogP contribution is 2.31. The smallest absolute Gasteiger partial charge is 0.340 e. The van der Waals surface area contributed by atoms with Gasteiger partial charge in [-0.1, -0.05) is 25.4 Å². The number of fused-ring (bicyclic) bond motifs is 1. The third-order valence-corrected chi connectivity index (χ3v) is 4.92. The molecule has 172 valence electrons. The van der Waals surface area contributed by atoms with Gasteiger partial charge < -0.3 is 15.0 Å². The molecule has 0 aromatic carbocycles. The van der Waals surface area contributed by atoms with Crippen LogP contribution in [0, 0.1) is 5.92 Å². The van der Waals surface area contributed by atoms with Gasteiger partial charge in [-0.05, 0) is 17.7 Å². The van der Waals surface area contributed by atoms with Crippen molar-refractivity contribution in [1.29, 1.82) is 0 Å². The molecule has 12 heteroatoms. The molecule has 2 amide bonds. The van der Waals surface area contributed by atoms with Crippen molar-refractivity contribution >= 4 is 29.2 Å². The number of halogens is 5. The van der Waals surface area contributed by atoms with E-state index in [4.69, 9.17) is 11.6 Å². The van der Waals surface area contributed by atoms with Crippen molar-refractivity contribution in [2.75, 3.05) is 11.9 Å². The maximum Gasteiger partial charge on any atom is 0.340 e. The number of anilines is 1. The van der Waals surface area contributed by atoms with Gasteiger partial charge in [-0.2, -0.15) is 8.78 Å². The summed E-state index contributed by atoms with van der Waals surface area (Å²) in [5, 5.41) is 2.54. The average Bonchev–Trinajstić information content (AvgIpc) is 3.04. The van der Waals surface area contributed by atoms with E-state index in [1.54, 1.807) is 19.9 Å². The van der Waals surface area contributed by atoms with Gasteiger partial charge in [0.05, 0.1) is 6.54 Å². The second-order valence-electron chi connectivity index (χ2n) is 7.47. The largest absolute Gasteiger partial charge is 0.470 e. The summed E-state index contributed by atoms with van der Waals surface area (Å²) in [4.78, 5) is 34.2. The predicted molar refractivity (Wildman–Crippen MR) is 107 cm³/mol. The zero-order valence-corrected chi connectivity index (χ0v) is 17.8. The van der Waals surface area contributed by atoms with Crippen LogP contribution in [0.4, 0.5) is 23.4 Å². The van der Waals surface area contributed by atoms with E-state index >= 15 is 0 Å². The molecule has 3 rings (SSSR count). The van der Waals surface area contributed by atoms with Gasteiger partial charge in [0.2, 0.25) is 11.8 Å². The van der Waals surface area contributed by atoms with E-state index in [-0.39, 0.29) is 35.8 Å². The molecule has 0 radical (unpaired) electrons. The maximum atomic E-state index is 13.0. The molecule has 32 heavy (non-hydrogen) atoms. The Morgan fingerprint density at radius 3 is 2.69 bits per heavy atom. The van der Waals surface area contributed by atoms with Crippen molar-refractivity contribution < 1.29 is 31.9 Å². The third kappa shape index (κ3) is 5.09. The second-order valence-corrected chi connectivity index (χ2v) is 7.88. The summed E-state index contributed by atoms with van der Waals surface area (Å²) in [5.41, 5.74) is 1.43. The number of amides is 2. The van der Waals surface area contributed by atoms with Crippen molar-refractivity contribution in [3.05, 3.63) is 46.2 Å². The molecule has 1 aliphatic rings. The van der Waals surface area contributed by atoms with Crippen LogP contribution in [0.25, 0.3) is 0 Å². The number of alkyl halides is 4. The molecular weight excluding hydrogens is 456 g/mol. The number of hydrogen-bond donors (Lipinski definition) is 1. The number of carbonyl (C=O) groups excluding carboxylic acids is 2. The fourth-order valence-corrected chi connectivity index (χ4v) is 3.13. The Bertz CT molecular complexity index is 1040. The van der Waals surface area contributed by atoms with Gasteiger partial charge in [0.1, 0.15) is 10.8 Å². The van der Waals surface area contributed by atoms with Gasteiger partial charge >= 0.3 is 12.3 Å². The van der Waals surface area contributed by atoms with E-state index in [0.29, 0.717) is 22.5 Å². The predicted octanol–water partition coefficient (Wildman–Crippen LogP) is 4.16. The molecule has 0 spiro atoms. The molecule has 7 nitrogen and oxygen atoms in total. The SMILES string of the molecule is CC(C)C(=O)Nc1nccc2c1CN(Cc1cnc(OCC(F)(F)C(F)F)c(Cl)c1)C2=O. The quantitative estimate of drug-likeness (QED) is 0.581.